The van der Waals surface area contributed by atoms with Crippen molar-refractivity contribution in [2.24, 2.45) is 0 Å². The van der Waals surface area contributed by atoms with E-state index in [1.54, 1.807) is 6.20 Å². The molecule has 1 amide bonds. The third-order valence-electron chi connectivity index (χ3n) is 4.94. The molecule has 0 atom stereocenters. The smallest absolute Gasteiger partial charge is 0.266 e. The summed E-state index contributed by atoms with van der Waals surface area (Å²) in [6.07, 6.45) is 1.77. The fourth-order valence-corrected chi connectivity index (χ4v) is 4.57. The van der Waals surface area contributed by atoms with Crippen LogP contribution in [0.15, 0.2) is 42.6 Å². The van der Waals surface area contributed by atoms with Gasteiger partial charge in [0.2, 0.25) is 0 Å². The van der Waals surface area contributed by atoms with Crippen molar-refractivity contribution in [1.29, 1.82) is 0 Å². The van der Waals surface area contributed by atoms with Gasteiger partial charge in [0.05, 0.1) is 5.69 Å². The zero-order valence-electron chi connectivity index (χ0n) is 14.8. The first-order valence-electron chi connectivity index (χ1n) is 8.82. The van der Waals surface area contributed by atoms with Crippen LogP contribution in [0.5, 0.6) is 0 Å². The number of pyridine rings is 1. The van der Waals surface area contributed by atoms with Crippen LogP contribution < -0.4 is 5.73 Å². The number of fused-ring (bicyclic) bond motifs is 1. The number of aromatic nitrogens is 1. The highest BCUT2D eigenvalue weighted by molar-refractivity contribution is 7.21. The van der Waals surface area contributed by atoms with Crippen molar-refractivity contribution in [3.63, 3.8) is 0 Å². The number of aryl methyl sites for hydroxylation is 1. The van der Waals surface area contributed by atoms with E-state index in [0.29, 0.717) is 10.6 Å². The van der Waals surface area contributed by atoms with Crippen LogP contribution in [0.4, 0.5) is 5.69 Å². The van der Waals surface area contributed by atoms with Crippen molar-refractivity contribution >= 4 is 33.1 Å². The number of thiophene rings is 1. The lowest BCUT2D eigenvalue weighted by molar-refractivity contribution is 0.0634. The second-order valence-corrected chi connectivity index (χ2v) is 7.71. The normalized spacial score (nSPS) is 15.5. The number of amides is 1. The summed E-state index contributed by atoms with van der Waals surface area (Å²) in [5.41, 5.74) is 9.24. The summed E-state index contributed by atoms with van der Waals surface area (Å²) < 4.78 is 0. The number of nitrogen functional groups attached to an aromatic ring is 1. The summed E-state index contributed by atoms with van der Waals surface area (Å²) in [7, 11) is 0. The maximum atomic E-state index is 13.0. The lowest BCUT2D eigenvalue weighted by Crippen LogP contribution is -2.48. The molecule has 6 heteroatoms. The highest BCUT2D eigenvalue weighted by Gasteiger charge is 2.26. The van der Waals surface area contributed by atoms with Gasteiger partial charge in [-0.1, -0.05) is 30.3 Å². The van der Waals surface area contributed by atoms with Gasteiger partial charge in [-0.2, -0.15) is 0 Å². The molecule has 0 aliphatic carbocycles. The van der Waals surface area contributed by atoms with E-state index in [1.807, 2.05) is 24.0 Å². The van der Waals surface area contributed by atoms with E-state index in [-0.39, 0.29) is 5.91 Å². The molecule has 3 heterocycles. The van der Waals surface area contributed by atoms with Gasteiger partial charge in [-0.25, -0.2) is 4.98 Å². The topological polar surface area (TPSA) is 62.5 Å². The largest absolute Gasteiger partial charge is 0.397 e. The summed E-state index contributed by atoms with van der Waals surface area (Å²) in [6.45, 7) is 6.14. The number of piperazine rings is 1. The number of rotatable bonds is 3. The Kier molecular flexibility index (Phi) is 4.61. The highest BCUT2D eigenvalue weighted by atomic mass is 32.1. The maximum absolute atomic E-state index is 13.0. The maximum Gasteiger partial charge on any atom is 0.266 e. The van der Waals surface area contributed by atoms with Gasteiger partial charge in [-0.3, -0.25) is 9.69 Å². The van der Waals surface area contributed by atoms with E-state index in [4.69, 9.17) is 5.73 Å². The molecule has 1 saturated heterocycles. The van der Waals surface area contributed by atoms with Crippen molar-refractivity contribution < 1.29 is 4.79 Å². The third-order valence-corrected chi connectivity index (χ3v) is 6.04. The van der Waals surface area contributed by atoms with E-state index in [9.17, 15) is 4.79 Å². The van der Waals surface area contributed by atoms with Gasteiger partial charge in [0.25, 0.3) is 5.91 Å². The Morgan fingerprint density at radius 2 is 1.88 bits per heavy atom. The van der Waals surface area contributed by atoms with E-state index in [0.717, 1.165) is 48.5 Å². The Morgan fingerprint density at radius 3 is 2.58 bits per heavy atom. The SMILES string of the molecule is Cc1ccnc2sc(C(=O)N3CCN(Cc4ccccc4)CC3)c(N)c12. The average molecular weight is 366 g/mol. The molecule has 26 heavy (non-hydrogen) atoms. The molecule has 0 saturated carbocycles. The van der Waals surface area contributed by atoms with E-state index < -0.39 is 0 Å². The number of carbonyl (C=O) groups excluding carboxylic acids is 1. The number of nitrogens with two attached hydrogens (primary N) is 1. The molecule has 1 aliphatic heterocycles. The van der Waals surface area contributed by atoms with Gasteiger partial charge in [-0.05, 0) is 24.1 Å². The van der Waals surface area contributed by atoms with Crippen LogP contribution in [0.25, 0.3) is 10.2 Å². The summed E-state index contributed by atoms with van der Waals surface area (Å²) >= 11 is 1.40. The Hall–Kier alpha value is -2.44. The van der Waals surface area contributed by atoms with Crippen LogP contribution >= 0.6 is 11.3 Å². The highest BCUT2D eigenvalue weighted by Crippen LogP contribution is 2.35. The van der Waals surface area contributed by atoms with Crippen LogP contribution in [0.3, 0.4) is 0 Å². The molecule has 2 N–H and O–H groups in total. The van der Waals surface area contributed by atoms with Gasteiger partial charge in [0, 0.05) is 44.3 Å². The summed E-state index contributed by atoms with van der Waals surface area (Å²) in [5, 5.41) is 0.920. The number of hydrogen-bond donors (Lipinski definition) is 1. The van der Waals surface area contributed by atoms with E-state index in [2.05, 4.69) is 34.1 Å². The Bertz CT molecular complexity index is 930. The minimum Gasteiger partial charge on any atom is -0.397 e. The molecule has 0 bridgehead atoms. The van der Waals surface area contributed by atoms with Crippen molar-refractivity contribution in [1.82, 2.24) is 14.8 Å². The van der Waals surface area contributed by atoms with Gasteiger partial charge in [0.1, 0.15) is 9.71 Å². The average Bonchev–Trinajstić information content (AvgIpc) is 3.01. The molecule has 0 radical (unpaired) electrons. The number of hydrogen-bond acceptors (Lipinski definition) is 5. The second-order valence-electron chi connectivity index (χ2n) is 6.71. The van der Waals surface area contributed by atoms with Crippen molar-refractivity contribution in [2.45, 2.75) is 13.5 Å². The third kappa shape index (κ3) is 3.18. The molecule has 2 aromatic heterocycles. The van der Waals surface area contributed by atoms with Crippen LogP contribution in [-0.2, 0) is 6.54 Å². The molecule has 134 valence electrons. The molecule has 1 fully saturated rings. The van der Waals surface area contributed by atoms with Crippen LogP contribution in [0.1, 0.15) is 20.8 Å². The molecule has 1 aliphatic rings. The van der Waals surface area contributed by atoms with Gasteiger partial charge in [-0.15, -0.1) is 11.3 Å². The molecular formula is C20H22N4OS. The standard InChI is InChI=1S/C20H22N4OS/c1-14-7-8-22-19-16(14)17(21)18(26-19)20(25)24-11-9-23(10-12-24)13-15-5-3-2-4-6-15/h2-8H,9-13,21H2,1H3. The minimum absolute atomic E-state index is 0.0317. The molecule has 0 unspecified atom stereocenters. The molecule has 1 aromatic carbocycles. The number of anilines is 1. The number of benzene rings is 1. The molecule has 5 nitrogen and oxygen atoms in total. The lowest BCUT2D eigenvalue weighted by Gasteiger charge is -2.34. The van der Waals surface area contributed by atoms with Crippen LogP contribution in [0.2, 0.25) is 0 Å². The first-order valence-corrected chi connectivity index (χ1v) is 9.64. The van der Waals surface area contributed by atoms with Gasteiger partial charge >= 0.3 is 0 Å². The zero-order valence-corrected chi connectivity index (χ0v) is 15.6. The quantitative estimate of drug-likeness (QED) is 0.773. The van der Waals surface area contributed by atoms with Crippen LogP contribution in [-0.4, -0.2) is 46.9 Å². The first kappa shape index (κ1) is 17.0. The molecular weight excluding hydrogens is 344 g/mol. The fraction of sp³-hybridized carbons (Fsp3) is 0.300. The predicted octanol–water partition coefficient (Wildman–Crippen LogP) is 3.14. The molecule has 0 spiro atoms. The monoisotopic (exact) mass is 366 g/mol. The summed E-state index contributed by atoms with van der Waals surface area (Å²) in [4.78, 5) is 23.1. The van der Waals surface area contributed by atoms with Crippen molar-refractivity contribution in [3.05, 3.63) is 58.6 Å². The summed E-state index contributed by atoms with van der Waals surface area (Å²) in [6, 6.07) is 12.4. The first-order chi connectivity index (χ1) is 12.6. The number of carbonyl (C=O) groups is 1. The lowest BCUT2D eigenvalue weighted by atomic mass is 10.1. The minimum atomic E-state index is 0.0317. The van der Waals surface area contributed by atoms with Crippen molar-refractivity contribution in [3.8, 4) is 0 Å². The van der Waals surface area contributed by atoms with Gasteiger partial charge < -0.3 is 10.6 Å². The molecule has 4 rings (SSSR count). The van der Waals surface area contributed by atoms with E-state index in [1.165, 1.54) is 16.9 Å². The van der Waals surface area contributed by atoms with Gasteiger partial charge in [0.15, 0.2) is 0 Å². The Labute approximate surface area is 157 Å². The second kappa shape index (κ2) is 7.05. The van der Waals surface area contributed by atoms with Crippen LogP contribution in [0, 0.1) is 6.92 Å². The zero-order chi connectivity index (χ0) is 18.1. The van der Waals surface area contributed by atoms with E-state index >= 15 is 0 Å². The Morgan fingerprint density at radius 1 is 1.15 bits per heavy atom. The predicted molar refractivity (Wildman–Crippen MR) is 106 cm³/mol. The molecule has 3 aromatic rings. The fourth-order valence-electron chi connectivity index (χ4n) is 3.46. The summed E-state index contributed by atoms with van der Waals surface area (Å²) in [5.74, 6) is 0.0317. The van der Waals surface area contributed by atoms with Crippen molar-refractivity contribution in [2.75, 3.05) is 31.9 Å². The Balaban J connectivity index is 1.46. The number of nitrogens with zero attached hydrogens (tertiary/aromatic N) is 3.